The Labute approximate surface area is 144 Å². The largest absolute Gasteiger partial charge is 0.366 e. The Morgan fingerprint density at radius 1 is 1.24 bits per heavy atom. The van der Waals surface area contributed by atoms with E-state index in [-0.39, 0.29) is 11.9 Å². The lowest BCUT2D eigenvalue weighted by molar-refractivity contribution is 0.0668. The average molecular weight is 334 g/mol. The van der Waals surface area contributed by atoms with Gasteiger partial charge < -0.3 is 15.6 Å². The van der Waals surface area contributed by atoms with Crippen LogP contribution in [-0.4, -0.2) is 33.2 Å². The first kappa shape index (κ1) is 15.4. The summed E-state index contributed by atoms with van der Waals surface area (Å²) in [5, 5.41) is 1.22. The third-order valence-electron chi connectivity index (χ3n) is 4.86. The van der Waals surface area contributed by atoms with E-state index in [4.69, 9.17) is 5.73 Å². The fourth-order valence-electron chi connectivity index (χ4n) is 3.52. The van der Waals surface area contributed by atoms with Crippen LogP contribution in [0.25, 0.3) is 10.9 Å². The number of aromatic nitrogens is 2. The molecule has 0 bridgehead atoms. The van der Waals surface area contributed by atoms with Crippen molar-refractivity contribution in [3.8, 4) is 0 Å². The summed E-state index contributed by atoms with van der Waals surface area (Å²) >= 11 is 0. The highest BCUT2D eigenvalue weighted by Gasteiger charge is 2.31. The molecule has 4 rings (SSSR count). The molecule has 0 unspecified atom stereocenters. The van der Waals surface area contributed by atoms with Crippen molar-refractivity contribution in [2.45, 2.75) is 19.4 Å². The van der Waals surface area contributed by atoms with E-state index < -0.39 is 5.91 Å². The summed E-state index contributed by atoms with van der Waals surface area (Å²) in [6, 6.07) is 11.2. The zero-order valence-electron chi connectivity index (χ0n) is 13.8. The van der Waals surface area contributed by atoms with Crippen molar-refractivity contribution in [2.24, 2.45) is 5.73 Å². The summed E-state index contributed by atoms with van der Waals surface area (Å²) in [6.45, 7) is 2.65. The molecule has 0 aliphatic carbocycles. The molecule has 1 aliphatic heterocycles. The van der Waals surface area contributed by atoms with Gasteiger partial charge in [-0.2, -0.15) is 0 Å². The van der Waals surface area contributed by atoms with Gasteiger partial charge in [-0.15, -0.1) is 0 Å². The van der Waals surface area contributed by atoms with Crippen molar-refractivity contribution in [3.63, 3.8) is 0 Å². The van der Waals surface area contributed by atoms with Crippen molar-refractivity contribution in [1.29, 1.82) is 0 Å². The fraction of sp³-hybridized carbons (Fsp3) is 0.211. The standard InChI is InChI=1S/C19H18N4O2/c1-11-17-14(13-4-2-3-5-15(13)22-17)8-9-23(11)19(25)16-7-6-12(10-21-16)18(20)24/h2-7,10-11,22H,8-9H2,1H3,(H2,20,24)/t11-/m0/s1. The number of nitrogens with zero attached hydrogens (tertiary/aromatic N) is 2. The van der Waals surface area contributed by atoms with Crippen LogP contribution >= 0.6 is 0 Å². The Hall–Kier alpha value is -3.15. The normalized spacial score (nSPS) is 16.7. The number of carbonyl (C=O) groups excluding carboxylic acids is 2. The number of H-pyrrole nitrogens is 1. The van der Waals surface area contributed by atoms with Gasteiger partial charge in [-0.1, -0.05) is 18.2 Å². The zero-order chi connectivity index (χ0) is 17.6. The number of rotatable bonds is 2. The minimum Gasteiger partial charge on any atom is -0.366 e. The van der Waals surface area contributed by atoms with Gasteiger partial charge in [-0.25, -0.2) is 0 Å². The number of hydrogen-bond acceptors (Lipinski definition) is 3. The van der Waals surface area contributed by atoms with E-state index in [0.717, 1.165) is 17.6 Å². The molecule has 2 amide bonds. The van der Waals surface area contributed by atoms with Crippen LogP contribution in [0.5, 0.6) is 0 Å². The molecule has 2 aromatic heterocycles. The highest BCUT2D eigenvalue weighted by atomic mass is 16.2. The molecule has 25 heavy (non-hydrogen) atoms. The van der Waals surface area contributed by atoms with Crippen LogP contribution < -0.4 is 5.73 Å². The van der Waals surface area contributed by atoms with Gasteiger partial charge in [-0.05, 0) is 37.1 Å². The van der Waals surface area contributed by atoms with Crippen LogP contribution in [0.15, 0.2) is 42.6 Å². The highest BCUT2D eigenvalue weighted by Crippen LogP contribution is 2.34. The van der Waals surface area contributed by atoms with E-state index in [1.165, 1.54) is 23.2 Å². The lowest BCUT2D eigenvalue weighted by Crippen LogP contribution is -2.39. The number of para-hydroxylation sites is 1. The van der Waals surface area contributed by atoms with E-state index in [2.05, 4.69) is 22.1 Å². The van der Waals surface area contributed by atoms with Crippen molar-refractivity contribution in [3.05, 3.63) is 65.1 Å². The monoisotopic (exact) mass is 334 g/mol. The Balaban J connectivity index is 1.65. The van der Waals surface area contributed by atoms with Crippen LogP contribution in [0.2, 0.25) is 0 Å². The van der Waals surface area contributed by atoms with E-state index in [1.807, 2.05) is 24.0 Å². The SMILES string of the molecule is C[C@H]1c2[nH]c3ccccc3c2CCN1C(=O)c1ccc(C(N)=O)cn1. The van der Waals surface area contributed by atoms with E-state index in [1.54, 1.807) is 6.07 Å². The van der Waals surface area contributed by atoms with Gasteiger partial charge in [0.2, 0.25) is 5.91 Å². The Morgan fingerprint density at radius 3 is 2.76 bits per heavy atom. The number of fused-ring (bicyclic) bond motifs is 3. The maximum Gasteiger partial charge on any atom is 0.273 e. The van der Waals surface area contributed by atoms with Gasteiger partial charge in [0.25, 0.3) is 5.91 Å². The second-order valence-corrected chi connectivity index (χ2v) is 6.28. The first-order valence-corrected chi connectivity index (χ1v) is 8.22. The van der Waals surface area contributed by atoms with Crippen molar-refractivity contribution < 1.29 is 9.59 Å². The van der Waals surface area contributed by atoms with Crippen molar-refractivity contribution in [2.75, 3.05) is 6.54 Å². The molecule has 126 valence electrons. The number of carbonyl (C=O) groups is 2. The van der Waals surface area contributed by atoms with Gasteiger partial charge in [0.05, 0.1) is 11.6 Å². The van der Waals surface area contributed by atoms with Crippen LogP contribution in [0.4, 0.5) is 0 Å². The third kappa shape index (κ3) is 2.46. The number of benzene rings is 1. The number of aromatic amines is 1. The molecule has 6 nitrogen and oxygen atoms in total. The molecule has 1 atom stereocenters. The molecule has 3 aromatic rings. The first-order valence-electron chi connectivity index (χ1n) is 8.22. The molecule has 0 saturated heterocycles. The summed E-state index contributed by atoms with van der Waals surface area (Å²) in [4.78, 5) is 33.4. The predicted octanol–water partition coefficient (Wildman–Crippen LogP) is 2.42. The average Bonchev–Trinajstić information content (AvgIpc) is 3.01. The quantitative estimate of drug-likeness (QED) is 0.754. The second-order valence-electron chi connectivity index (χ2n) is 6.28. The summed E-state index contributed by atoms with van der Waals surface area (Å²) < 4.78 is 0. The number of amides is 2. The maximum absolute atomic E-state index is 12.8. The molecule has 0 fully saturated rings. The molecular formula is C19H18N4O2. The molecule has 1 aromatic carbocycles. The molecule has 6 heteroatoms. The smallest absolute Gasteiger partial charge is 0.273 e. The van der Waals surface area contributed by atoms with E-state index >= 15 is 0 Å². The van der Waals surface area contributed by atoms with Gasteiger partial charge in [0.15, 0.2) is 0 Å². The van der Waals surface area contributed by atoms with E-state index in [9.17, 15) is 9.59 Å². The Bertz CT molecular complexity index is 975. The maximum atomic E-state index is 12.8. The number of nitrogens with two attached hydrogens (primary N) is 1. The number of nitrogens with one attached hydrogen (secondary N) is 1. The second kappa shape index (κ2) is 5.73. The predicted molar refractivity (Wildman–Crippen MR) is 94.2 cm³/mol. The molecule has 3 heterocycles. The molecule has 0 radical (unpaired) electrons. The summed E-state index contributed by atoms with van der Waals surface area (Å²) in [6.07, 6.45) is 2.15. The minimum absolute atomic E-state index is 0.0683. The molecule has 0 spiro atoms. The van der Waals surface area contributed by atoms with Crippen LogP contribution in [0.3, 0.4) is 0 Å². The van der Waals surface area contributed by atoms with Gasteiger partial charge in [0, 0.05) is 29.3 Å². The van der Waals surface area contributed by atoms with Crippen LogP contribution in [-0.2, 0) is 6.42 Å². The van der Waals surface area contributed by atoms with Crippen molar-refractivity contribution >= 4 is 22.7 Å². The zero-order valence-corrected chi connectivity index (χ0v) is 13.8. The first-order chi connectivity index (χ1) is 12.1. The van der Waals surface area contributed by atoms with Crippen LogP contribution in [0, 0.1) is 0 Å². The summed E-state index contributed by atoms with van der Waals surface area (Å²) in [7, 11) is 0. The molecule has 0 saturated carbocycles. The Morgan fingerprint density at radius 2 is 2.04 bits per heavy atom. The number of hydrogen-bond donors (Lipinski definition) is 2. The lowest BCUT2D eigenvalue weighted by Gasteiger charge is -2.33. The molecule has 1 aliphatic rings. The van der Waals surface area contributed by atoms with Crippen LogP contribution in [0.1, 0.15) is 45.1 Å². The third-order valence-corrected chi connectivity index (χ3v) is 4.86. The Kier molecular flexibility index (Phi) is 3.53. The lowest BCUT2D eigenvalue weighted by atomic mass is 9.98. The van der Waals surface area contributed by atoms with Crippen molar-refractivity contribution in [1.82, 2.24) is 14.9 Å². The fourth-order valence-corrected chi connectivity index (χ4v) is 3.52. The summed E-state index contributed by atoms with van der Waals surface area (Å²) in [5.74, 6) is -0.701. The topological polar surface area (TPSA) is 92.1 Å². The minimum atomic E-state index is -0.555. The van der Waals surface area contributed by atoms with Gasteiger partial charge in [-0.3, -0.25) is 14.6 Å². The summed E-state index contributed by atoms with van der Waals surface area (Å²) in [5.41, 5.74) is 9.28. The highest BCUT2D eigenvalue weighted by molar-refractivity contribution is 5.96. The van der Waals surface area contributed by atoms with E-state index in [0.29, 0.717) is 17.8 Å². The molecular weight excluding hydrogens is 316 g/mol. The molecule has 3 N–H and O–H groups in total. The number of pyridine rings is 1. The van der Waals surface area contributed by atoms with Gasteiger partial charge >= 0.3 is 0 Å². The van der Waals surface area contributed by atoms with Gasteiger partial charge in [0.1, 0.15) is 5.69 Å². The number of primary amides is 1.